The van der Waals surface area contributed by atoms with Gasteiger partial charge in [-0.3, -0.25) is 0 Å². The third-order valence-corrected chi connectivity index (χ3v) is 2.99. The lowest BCUT2D eigenvalue weighted by Crippen LogP contribution is -2.16. The van der Waals surface area contributed by atoms with Gasteiger partial charge in [0, 0.05) is 17.5 Å². The Labute approximate surface area is 88.8 Å². The van der Waals surface area contributed by atoms with Gasteiger partial charge in [0.1, 0.15) is 0 Å². The van der Waals surface area contributed by atoms with E-state index >= 15 is 0 Å². The fourth-order valence-corrected chi connectivity index (χ4v) is 2.08. The van der Waals surface area contributed by atoms with Crippen LogP contribution in [0.5, 0.6) is 0 Å². The lowest BCUT2D eigenvalue weighted by atomic mass is 10.0. The number of halogens is 1. The summed E-state index contributed by atoms with van der Waals surface area (Å²) in [6.45, 7) is 0.324. The fraction of sp³-hybridized carbons (Fsp3) is 0.333. The molecule has 5 heteroatoms. The number of rotatable bonds is 4. The first-order valence-corrected chi connectivity index (χ1v) is 5.95. The molecule has 2 unspecified atom stereocenters. The van der Waals surface area contributed by atoms with Crippen LogP contribution < -0.4 is 10.6 Å². The Bertz CT molecular complexity index is 315. The summed E-state index contributed by atoms with van der Waals surface area (Å²) in [7, 11) is -2.39. The average Bonchev–Trinajstić information content (AvgIpc) is 2.15. The summed E-state index contributed by atoms with van der Waals surface area (Å²) in [5.74, 6) is -0.131. The van der Waals surface area contributed by atoms with Crippen LogP contribution in [0.15, 0.2) is 24.3 Å². The van der Waals surface area contributed by atoms with Crippen LogP contribution in [0.25, 0.3) is 0 Å². The van der Waals surface area contributed by atoms with Crippen LogP contribution in [0.4, 0.5) is 0 Å². The summed E-state index contributed by atoms with van der Waals surface area (Å²) in [6.07, 6.45) is 0.0907. The molecule has 0 saturated carbocycles. The lowest BCUT2D eigenvalue weighted by Gasteiger charge is -2.10. The molecule has 0 aliphatic carbocycles. The van der Waals surface area contributed by atoms with Crippen molar-refractivity contribution in [3.63, 3.8) is 0 Å². The molecular formula is C9H11ClNO2P. The molecule has 0 radical (unpaired) electrons. The van der Waals surface area contributed by atoms with Gasteiger partial charge < -0.3 is 10.6 Å². The molecule has 76 valence electrons. The van der Waals surface area contributed by atoms with Gasteiger partial charge >= 0.3 is 8.03 Å². The van der Waals surface area contributed by atoms with Crippen molar-refractivity contribution in [1.82, 2.24) is 0 Å². The molecule has 0 fully saturated rings. The maximum Gasteiger partial charge on any atom is 0.309 e. The van der Waals surface area contributed by atoms with E-state index < -0.39 is 8.03 Å². The molecule has 0 heterocycles. The Morgan fingerprint density at radius 2 is 2.00 bits per heavy atom. The first kappa shape index (κ1) is 11.6. The maximum atomic E-state index is 10.6. The van der Waals surface area contributed by atoms with E-state index in [1.54, 1.807) is 24.3 Å². The van der Waals surface area contributed by atoms with Crippen molar-refractivity contribution in [2.45, 2.75) is 5.92 Å². The zero-order chi connectivity index (χ0) is 10.6. The van der Waals surface area contributed by atoms with E-state index in [4.69, 9.17) is 17.3 Å². The average molecular weight is 232 g/mol. The van der Waals surface area contributed by atoms with E-state index in [0.29, 0.717) is 11.6 Å². The highest BCUT2D eigenvalue weighted by molar-refractivity contribution is 7.36. The molecule has 3 nitrogen and oxygen atoms in total. The van der Waals surface area contributed by atoms with Crippen molar-refractivity contribution in [3.05, 3.63) is 34.9 Å². The van der Waals surface area contributed by atoms with Gasteiger partial charge in [-0.2, -0.15) is 0 Å². The van der Waals surface area contributed by atoms with Crippen LogP contribution >= 0.6 is 19.6 Å². The van der Waals surface area contributed by atoms with E-state index in [9.17, 15) is 9.46 Å². The van der Waals surface area contributed by atoms with Crippen molar-refractivity contribution in [2.75, 3.05) is 12.7 Å². The lowest BCUT2D eigenvalue weighted by molar-refractivity contribution is -0.164. The predicted molar refractivity (Wildman–Crippen MR) is 55.7 cm³/mol. The van der Waals surface area contributed by atoms with Crippen molar-refractivity contribution in [2.24, 2.45) is 5.73 Å². The van der Waals surface area contributed by atoms with E-state index in [2.05, 4.69) is 0 Å². The zero-order valence-corrected chi connectivity index (χ0v) is 9.17. The molecule has 1 aromatic carbocycles. The Morgan fingerprint density at radius 1 is 1.43 bits per heavy atom. The van der Waals surface area contributed by atoms with Crippen LogP contribution in [0, 0.1) is 0 Å². The van der Waals surface area contributed by atoms with Gasteiger partial charge in [0.25, 0.3) is 0 Å². The summed E-state index contributed by atoms with van der Waals surface area (Å²) in [5, 5.41) is 0.635. The van der Waals surface area contributed by atoms with Crippen LogP contribution in [0.3, 0.4) is 0 Å². The monoisotopic (exact) mass is 231 g/mol. The highest BCUT2D eigenvalue weighted by atomic mass is 35.5. The Morgan fingerprint density at radius 3 is 2.43 bits per heavy atom. The molecule has 1 rings (SSSR count). The smallest absolute Gasteiger partial charge is 0.309 e. The molecule has 0 bridgehead atoms. The van der Waals surface area contributed by atoms with Crippen molar-refractivity contribution >= 4 is 19.6 Å². The van der Waals surface area contributed by atoms with Crippen molar-refractivity contribution < 1.29 is 9.46 Å². The molecule has 1 aromatic rings. The minimum absolute atomic E-state index is 0.0907. The number of hydrogen-bond acceptors (Lipinski definition) is 3. The summed E-state index contributed by atoms with van der Waals surface area (Å²) in [6, 6.07) is 7.08. The second-order valence-electron chi connectivity index (χ2n) is 3.00. The van der Waals surface area contributed by atoms with E-state index in [1.807, 2.05) is 0 Å². The minimum Gasteiger partial charge on any atom is -0.596 e. The highest BCUT2D eigenvalue weighted by Gasteiger charge is 2.16. The van der Waals surface area contributed by atoms with E-state index in [1.165, 1.54) is 0 Å². The molecule has 2 atom stereocenters. The molecule has 2 N–H and O–H groups in total. The quantitative estimate of drug-likeness (QED) is 0.799. The Hall–Kier alpha value is -0.470. The van der Waals surface area contributed by atoms with Gasteiger partial charge in [-0.25, -0.2) is 0 Å². The van der Waals surface area contributed by atoms with Crippen molar-refractivity contribution in [1.29, 1.82) is 0 Å². The second kappa shape index (κ2) is 5.42. The Balaban J connectivity index is 2.78. The van der Waals surface area contributed by atoms with E-state index in [-0.39, 0.29) is 12.1 Å². The SMILES string of the molecule is NCC(C[P+](=O)[O-])c1ccc(Cl)cc1. The van der Waals surface area contributed by atoms with Crippen LogP contribution in [0.1, 0.15) is 11.5 Å². The molecule has 0 aromatic heterocycles. The standard InChI is InChI=1S/C9H11ClNO2P/c10-9-3-1-7(2-4-9)8(5-11)6-14(12)13/h1-4,8H,5-6,11H2. The largest absolute Gasteiger partial charge is 0.596 e. The van der Waals surface area contributed by atoms with Gasteiger partial charge in [-0.15, -0.1) is 0 Å². The molecule has 0 spiro atoms. The minimum atomic E-state index is -2.39. The highest BCUT2D eigenvalue weighted by Crippen LogP contribution is 2.24. The molecular weight excluding hydrogens is 221 g/mol. The van der Waals surface area contributed by atoms with Crippen LogP contribution in [-0.2, 0) is 4.57 Å². The number of benzene rings is 1. The van der Waals surface area contributed by atoms with Gasteiger partial charge in [-0.1, -0.05) is 28.3 Å². The van der Waals surface area contributed by atoms with Crippen molar-refractivity contribution in [3.8, 4) is 0 Å². The first-order valence-electron chi connectivity index (χ1n) is 4.21. The topological polar surface area (TPSA) is 66.2 Å². The first-order chi connectivity index (χ1) is 6.63. The third-order valence-electron chi connectivity index (χ3n) is 2.00. The summed E-state index contributed by atoms with van der Waals surface area (Å²) in [5.41, 5.74) is 6.40. The molecule has 0 amide bonds. The fourth-order valence-electron chi connectivity index (χ4n) is 1.23. The van der Waals surface area contributed by atoms with Gasteiger partial charge in [-0.05, 0) is 17.7 Å². The number of nitrogens with two attached hydrogens (primary N) is 1. The molecule has 14 heavy (non-hydrogen) atoms. The Kier molecular flexibility index (Phi) is 4.49. The molecule has 0 aliphatic heterocycles. The number of hydrogen-bond donors (Lipinski definition) is 1. The second-order valence-corrected chi connectivity index (χ2v) is 4.47. The van der Waals surface area contributed by atoms with Crippen LogP contribution in [0.2, 0.25) is 5.02 Å². The van der Waals surface area contributed by atoms with Gasteiger partial charge in [0.15, 0.2) is 6.16 Å². The van der Waals surface area contributed by atoms with Gasteiger partial charge in [0.2, 0.25) is 0 Å². The summed E-state index contributed by atoms with van der Waals surface area (Å²) < 4.78 is 10.6. The normalized spacial score (nSPS) is 13.8. The maximum absolute atomic E-state index is 10.6. The third kappa shape index (κ3) is 3.35. The summed E-state index contributed by atoms with van der Waals surface area (Å²) >= 11 is 5.71. The molecule has 0 saturated heterocycles. The van der Waals surface area contributed by atoms with Gasteiger partial charge in [0.05, 0.1) is 0 Å². The summed E-state index contributed by atoms with van der Waals surface area (Å²) in [4.78, 5) is 10.6. The predicted octanol–water partition coefficient (Wildman–Crippen LogP) is 1.48. The van der Waals surface area contributed by atoms with Crippen LogP contribution in [-0.4, -0.2) is 12.7 Å². The van der Waals surface area contributed by atoms with E-state index in [0.717, 1.165) is 5.56 Å². The zero-order valence-electron chi connectivity index (χ0n) is 7.52. The molecule has 0 aliphatic rings.